The molecule has 1 unspecified atom stereocenters. The maximum Gasteiger partial charge on any atom is 0.302 e. The summed E-state index contributed by atoms with van der Waals surface area (Å²) in [6.45, 7) is 7.96. The molecule has 14 heavy (non-hydrogen) atoms. The van der Waals surface area contributed by atoms with Crippen molar-refractivity contribution >= 4 is 5.97 Å². The summed E-state index contributed by atoms with van der Waals surface area (Å²) in [6, 6.07) is 0. The van der Waals surface area contributed by atoms with E-state index in [9.17, 15) is 4.79 Å². The van der Waals surface area contributed by atoms with Crippen molar-refractivity contribution in [3.05, 3.63) is 23.8 Å². The predicted octanol–water partition coefficient (Wildman–Crippen LogP) is 2.85. The molecular formula is C12H18O2. The molecule has 1 aliphatic rings. The summed E-state index contributed by atoms with van der Waals surface area (Å²) < 4.78 is 4.95. The number of carbonyl (C=O) groups is 1. The van der Waals surface area contributed by atoms with Crippen LogP contribution in [0.3, 0.4) is 0 Å². The van der Waals surface area contributed by atoms with Crippen molar-refractivity contribution in [3.63, 3.8) is 0 Å². The van der Waals surface area contributed by atoms with Gasteiger partial charge in [-0.2, -0.15) is 0 Å². The van der Waals surface area contributed by atoms with Crippen LogP contribution in [0.25, 0.3) is 0 Å². The molecule has 0 aliphatic heterocycles. The third-order valence-electron chi connectivity index (χ3n) is 2.66. The Morgan fingerprint density at radius 2 is 2.36 bits per heavy atom. The molecule has 0 N–H and O–H groups in total. The van der Waals surface area contributed by atoms with Gasteiger partial charge in [-0.25, -0.2) is 0 Å². The van der Waals surface area contributed by atoms with Gasteiger partial charge in [0, 0.05) is 6.92 Å². The minimum atomic E-state index is -0.201. The molecule has 2 nitrogen and oxygen atoms in total. The second kappa shape index (κ2) is 4.99. The molecule has 1 rings (SSSR count). The van der Waals surface area contributed by atoms with E-state index in [1.807, 2.05) is 0 Å². The van der Waals surface area contributed by atoms with Gasteiger partial charge in [-0.3, -0.25) is 4.79 Å². The molecule has 2 heteroatoms. The standard InChI is InChI=1S/C12H18O2/c1-9(2)12-6-4-11(5-7-12)8-14-10(3)13/h4,12H,1,5-8H2,2-3H3. The van der Waals surface area contributed by atoms with Crippen LogP contribution in [-0.4, -0.2) is 12.6 Å². The molecule has 0 radical (unpaired) electrons. The van der Waals surface area contributed by atoms with E-state index in [1.165, 1.54) is 18.1 Å². The molecule has 0 saturated heterocycles. The highest BCUT2D eigenvalue weighted by Crippen LogP contribution is 2.28. The maximum absolute atomic E-state index is 10.6. The highest BCUT2D eigenvalue weighted by molar-refractivity contribution is 5.66. The van der Waals surface area contributed by atoms with Crippen LogP contribution in [-0.2, 0) is 9.53 Å². The van der Waals surface area contributed by atoms with Crippen molar-refractivity contribution in [2.75, 3.05) is 6.61 Å². The van der Waals surface area contributed by atoms with E-state index in [0.29, 0.717) is 12.5 Å². The van der Waals surface area contributed by atoms with Gasteiger partial charge in [0.2, 0.25) is 0 Å². The van der Waals surface area contributed by atoms with E-state index in [0.717, 1.165) is 19.3 Å². The summed E-state index contributed by atoms with van der Waals surface area (Å²) in [7, 11) is 0. The van der Waals surface area contributed by atoms with Gasteiger partial charge in [-0.1, -0.05) is 18.2 Å². The van der Waals surface area contributed by atoms with E-state index in [2.05, 4.69) is 19.6 Å². The predicted molar refractivity (Wildman–Crippen MR) is 56.9 cm³/mol. The van der Waals surface area contributed by atoms with E-state index in [1.54, 1.807) is 0 Å². The molecule has 1 aliphatic carbocycles. The van der Waals surface area contributed by atoms with E-state index < -0.39 is 0 Å². The molecule has 0 bridgehead atoms. The Labute approximate surface area is 85.6 Å². The molecule has 0 aromatic heterocycles. The van der Waals surface area contributed by atoms with Crippen molar-refractivity contribution in [1.29, 1.82) is 0 Å². The van der Waals surface area contributed by atoms with Crippen LogP contribution in [0.5, 0.6) is 0 Å². The van der Waals surface area contributed by atoms with Gasteiger partial charge in [-0.15, -0.1) is 0 Å². The number of hydrogen-bond donors (Lipinski definition) is 0. The zero-order valence-corrected chi connectivity index (χ0v) is 9.01. The normalized spacial score (nSPS) is 21.3. The molecule has 0 aromatic rings. The van der Waals surface area contributed by atoms with Crippen molar-refractivity contribution in [2.45, 2.75) is 33.1 Å². The number of rotatable bonds is 3. The highest BCUT2D eigenvalue weighted by Gasteiger charge is 2.15. The molecule has 0 amide bonds. The molecule has 0 saturated carbocycles. The van der Waals surface area contributed by atoms with Gasteiger partial charge in [0.15, 0.2) is 0 Å². The molecule has 1 atom stereocenters. The van der Waals surface area contributed by atoms with Gasteiger partial charge in [0.1, 0.15) is 6.61 Å². The van der Waals surface area contributed by atoms with Gasteiger partial charge in [0.25, 0.3) is 0 Å². The van der Waals surface area contributed by atoms with Crippen molar-refractivity contribution < 1.29 is 9.53 Å². The summed E-state index contributed by atoms with van der Waals surface area (Å²) in [5, 5.41) is 0. The fourth-order valence-electron chi connectivity index (χ4n) is 1.66. The maximum atomic E-state index is 10.6. The van der Waals surface area contributed by atoms with Crippen molar-refractivity contribution in [1.82, 2.24) is 0 Å². The monoisotopic (exact) mass is 194 g/mol. The summed E-state index contributed by atoms with van der Waals surface area (Å²) in [6.07, 6.45) is 5.41. The first-order valence-corrected chi connectivity index (χ1v) is 5.06. The third-order valence-corrected chi connectivity index (χ3v) is 2.66. The van der Waals surface area contributed by atoms with Crippen LogP contribution < -0.4 is 0 Å². The SMILES string of the molecule is C=C(C)C1CC=C(COC(C)=O)CC1. The number of allylic oxidation sites excluding steroid dienone is 2. The quantitative estimate of drug-likeness (QED) is 0.510. The summed E-state index contributed by atoms with van der Waals surface area (Å²) in [5.41, 5.74) is 2.51. The Balaban J connectivity index is 2.37. The van der Waals surface area contributed by atoms with Crippen LogP contribution >= 0.6 is 0 Å². The van der Waals surface area contributed by atoms with E-state index >= 15 is 0 Å². The second-order valence-corrected chi connectivity index (χ2v) is 3.96. The summed E-state index contributed by atoms with van der Waals surface area (Å²) >= 11 is 0. The highest BCUT2D eigenvalue weighted by atomic mass is 16.5. The second-order valence-electron chi connectivity index (χ2n) is 3.96. The van der Waals surface area contributed by atoms with Crippen LogP contribution in [0, 0.1) is 5.92 Å². The first kappa shape index (κ1) is 11.0. The average Bonchev–Trinajstić information content (AvgIpc) is 2.15. The zero-order chi connectivity index (χ0) is 10.6. The Morgan fingerprint density at radius 3 is 2.79 bits per heavy atom. The minimum absolute atomic E-state index is 0.201. The van der Waals surface area contributed by atoms with Crippen LogP contribution in [0.2, 0.25) is 0 Å². The number of carbonyl (C=O) groups excluding carboxylic acids is 1. The average molecular weight is 194 g/mol. The fraction of sp³-hybridized carbons (Fsp3) is 0.583. The van der Waals surface area contributed by atoms with Gasteiger partial charge in [-0.05, 0) is 37.7 Å². The van der Waals surface area contributed by atoms with Crippen molar-refractivity contribution in [3.8, 4) is 0 Å². The summed E-state index contributed by atoms with van der Waals surface area (Å²) in [4.78, 5) is 10.6. The minimum Gasteiger partial charge on any atom is -0.461 e. The Morgan fingerprint density at radius 1 is 1.64 bits per heavy atom. The van der Waals surface area contributed by atoms with Crippen molar-refractivity contribution in [2.24, 2.45) is 5.92 Å². The number of ether oxygens (including phenoxy) is 1. The van der Waals surface area contributed by atoms with Gasteiger partial charge in [0.05, 0.1) is 0 Å². The molecule has 78 valence electrons. The van der Waals surface area contributed by atoms with Crippen LogP contribution in [0.4, 0.5) is 0 Å². The lowest BCUT2D eigenvalue weighted by Crippen LogP contribution is -2.11. The Kier molecular flexibility index (Phi) is 3.93. The fourth-order valence-corrected chi connectivity index (χ4v) is 1.66. The smallest absolute Gasteiger partial charge is 0.302 e. The lowest BCUT2D eigenvalue weighted by molar-refractivity contribution is -0.140. The Bertz CT molecular complexity index is 263. The summed E-state index contributed by atoms with van der Waals surface area (Å²) in [5.74, 6) is 0.420. The first-order chi connectivity index (χ1) is 6.59. The first-order valence-electron chi connectivity index (χ1n) is 5.06. The largest absolute Gasteiger partial charge is 0.461 e. The molecule has 0 fully saturated rings. The molecular weight excluding hydrogens is 176 g/mol. The van der Waals surface area contributed by atoms with Crippen LogP contribution in [0.1, 0.15) is 33.1 Å². The van der Waals surface area contributed by atoms with E-state index in [4.69, 9.17) is 4.74 Å². The number of hydrogen-bond acceptors (Lipinski definition) is 2. The zero-order valence-electron chi connectivity index (χ0n) is 9.01. The van der Waals surface area contributed by atoms with Gasteiger partial charge >= 0.3 is 5.97 Å². The van der Waals surface area contributed by atoms with Gasteiger partial charge < -0.3 is 4.74 Å². The lowest BCUT2D eigenvalue weighted by Gasteiger charge is -2.21. The topological polar surface area (TPSA) is 26.3 Å². The molecule has 0 heterocycles. The lowest BCUT2D eigenvalue weighted by atomic mass is 9.86. The van der Waals surface area contributed by atoms with E-state index in [-0.39, 0.29) is 5.97 Å². The Hall–Kier alpha value is -1.05. The third kappa shape index (κ3) is 3.36. The number of esters is 1. The van der Waals surface area contributed by atoms with Crippen LogP contribution in [0.15, 0.2) is 23.8 Å². The molecule has 0 aromatic carbocycles. The molecule has 0 spiro atoms.